The van der Waals surface area contributed by atoms with Crippen molar-refractivity contribution >= 4 is 22.4 Å². The van der Waals surface area contributed by atoms with Crippen LogP contribution in [-0.2, 0) is 17.8 Å². The molecular weight excluding hydrogens is 364 g/mol. The van der Waals surface area contributed by atoms with Gasteiger partial charge in [0.2, 0.25) is 5.91 Å². The zero-order valence-electron chi connectivity index (χ0n) is 16.0. The third kappa shape index (κ3) is 3.91. The molecule has 0 radical (unpaired) electrons. The summed E-state index contributed by atoms with van der Waals surface area (Å²) < 4.78 is 1.26. The van der Waals surface area contributed by atoms with E-state index in [2.05, 4.69) is 10.1 Å². The molecule has 0 aliphatic heterocycles. The Morgan fingerprint density at radius 3 is 2.41 bits per heavy atom. The molecule has 29 heavy (non-hydrogen) atoms. The van der Waals surface area contributed by atoms with Crippen molar-refractivity contribution in [3.63, 3.8) is 0 Å². The maximum Gasteiger partial charge on any atom is 0.275 e. The molecule has 0 unspecified atom stereocenters. The number of aromatic nitrogens is 3. The van der Waals surface area contributed by atoms with Crippen LogP contribution in [0.15, 0.2) is 83.9 Å². The molecule has 1 amide bonds. The van der Waals surface area contributed by atoms with Gasteiger partial charge in [-0.1, -0.05) is 42.5 Å². The first kappa shape index (κ1) is 18.6. The van der Waals surface area contributed by atoms with Crippen molar-refractivity contribution in [1.29, 1.82) is 0 Å². The topological polar surface area (TPSA) is 68.1 Å². The molecule has 0 saturated carbocycles. The number of carbonyl (C=O) groups excluding carboxylic acids is 1. The molecule has 6 heteroatoms. The van der Waals surface area contributed by atoms with Crippen LogP contribution in [0.25, 0.3) is 10.8 Å². The van der Waals surface area contributed by atoms with Crippen molar-refractivity contribution in [2.24, 2.45) is 0 Å². The van der Waals surface area contributed by atoms with E-state index in [0.717, 1.165) is 22.3 Å². The highest BCUT2D eigenvalue weighted by Crippen LogP contribution is 2.17. The standard InChI is InChI=1S/C23H20N4O2/c1-26(18-9-3-2-4-10-18)22(28)16-27-23(29)20-12-6-5-11-19(20)21(25-27)14-17-8-7-13-24-15-17/h2-13,15H,14,16H2,1H3. The van der Waals surface area contributed by atoms with Gasteiger partial charge in [0.05, 0.1) is 11.1 Å². The first-order valence-corrected chi connectivity index (χ1v) is 9.33. The van der Waals surface area contributed by atoms with E-state index in [1.807, 2.05) is 60.7 Å². The number of rotatable bonds is 5. The smallest absolute Gasteiger partial charge is 0.275 e. The Hall–Kier alpha value is -3.80. The van der Waals surface area contributed by atoms with Gasteiger partial charge in [-0.25, -0.2) is 4.68 Å². The van der Waals surface area contributed by atoms with E-state index < -0.39 is 0 Å². The van der Waals surface area contributed by atoms with Crippen LogP contribution in [0.3, 0.4) is 0 Å². The first-order valence-electron chi connectivity index (χ1n) is 9.33. The predicted molar refractivity (Wildman–Crippen MR) is 113 cm³/mol. The fraction of sp³-hybridized carbons (Fsp3) is 0.130. The van der Waals surface area contributed by atoms with Gasteiger partial charge in [-0.3, -0.25) is 14.6 Å². The van der Waals surface area contributed by atoms with Gasteiger partial charge in [-0.05, 0) is 29.8 Å². The molecule has 6 nitrogen and oxygen atoms in total. The Labute approximate surface area is 168 Å². The largest absolute Gasteiger partial charge is 0.314 e. The average Bonchev–Trinajstić information content (AvgIpc) is 2.77. The number of fused-ring (bicyclic) bond motifs is 1. The summed E-state index contributed by atoms with van der Waals surface area (Å²) in [6, 6.07) is 20.5. The lowest BCUT2D eigenvalue weighted by Crippen LogP contribution is -2.35. The molecule has 4 rings (SSSR count). The highest BCUT2D eigenvalue weighted by molar-refractivity contribution is 5.92. The number of amides is 1. The zero-order chi connectivity index (χ0) is 20.2. The van der Waals surface area contributed by atoms with E-state index in [-0.39, 0.29) is 18.0 Å². The van der Waals surface area contributed by atoms with Gasteiger partial charge in [0.25, 0.3) is 5.56 Å². The first-order chi connectivity index (χ1) is 14.1. The quantitative estimate of drug-likeness (QED) is 0.530. The Morgan fingerprint density at radius 1 is 0.966 bits per heavy atom. The van der Waals surface area contributed by atoms with Crippen molar-refractivity contribution in [1.82, 2.24) is 14.8 Å². The van der Waals surface area contributed by atoms with Gasteiger partial charge < -0.3 is 4.90 Å². The molecule has 0 saturated heterocycles. The number of hydrogen-bond acceptors (Lipinski definition) is 4. The minimum atomic E-state index is -0.273. The third-order valence-electron chi connectivity index (χ3n) is 4.84. The number of benzene rings is 2. The fourth-order valence-electron chi connectivity index (χ4n) is 3.27. The summed E-state index contributed by atoms with van der Waals surface area (Å²) in [6.07, 6.45) is 4.02. The normalized spacial score (nSPS) is 10.8. The van der Waals surface area contributed by atoms with Crippen LogP contribution >= 0.6 is 0 Å². The van der Waals surface area contributed by atoms with Crippen molar-refractivity contribution in [2.75, 3.05) is 11.9 Å². The predicted octanol–water partition coefficient (Wildman–Crippen LogP) is 3.05. The molecule has 2 aromatic heterocycles. The molecule has 144 valence electrons. The maximum absolute atomic E-state index is 12.9. The minimum absolute atomic E-state index is 0.130. The molecule has 0 fully saturated rings. The van der Waals surface area contributed by atoms with E-state index in [0.29, 0.717) is 11.8 Å². The lowest BCUT2D eigenvalue weighted by molar-refractivity contribution is -0.119. The summed E-state index contributed by atoms with van der Waals surface area (Å²) in [5.41, 5.74) is 2.22. The monoisotopic (exact) mass is 384 g/mol. The lowest BCUT2D eigenvalue weighted by Gasteiger charge is -2.18. The summed E-state index contributed by atoms with van der Waals surface area (Å²) in [5, 5.41) is 5.89. The fourth-order valence-corrected chi connectivity index (χ4v) is 3.27. The van der Waals surface area contributed by atoms with Crippen LogP contribution in [-0.4, -0.2) is 27.7 Å². The van der Waals surface area contributed by atoms with Crippen LogP contribution in [0, 0.1) is 0 Å². The van der Waals surface area contributed by atoms with Crippen molar-refractivity contribution < 1.29 is 4.79 Å². The van der Waals surface area contributed by atoms with Crippen molar-refractivity contribution in [3.8, 4) is 0 Å². The van der Waals surface area contributed by atoms with Crippen LogP contribution in [0.2, 0.25) is 0 Å². The highest BCUT2D eigenvalue weighted by Gasteiger charge is 2.16. The summed E-state index contributed by atoms with van der Waals surface area (Å²) in [5.74, 6) is -0.214. The number of anilines is 1. The van der Waals surface area contributed by atoms with Crippen molar-refractivity contribution in [3.05, 3.63) is 101 Å². The van der Waals surface area contributed by atoms with Crippen LogP contribution in [0.4, 0.5) is 5.69 Å². The lowest BCUT2D eigenvalue weighted by atomic mass is 10.1. The van der Waals surface area contributed by atoms with E-state index in [1.165, 1.54) is 9.58 Å². The van der Waals surface area contributed by atoms with Gasteiger partial charge >= 0.3 is 0 Å². The second-order valence-electron chi connectivity index (χ2n) is 6.78. The number of nitrogens with zero attached hydrogens (tertiary/aromatic N) is 4. The summed E-state index contributed by atoms with van der Waals surface area (Å²) in [6.45, 7) is -0.130. The highest BCUT2D eigenvalue weighted by atomic mass is 16.2. The summed E-state index contributed by atoms with van der Waals surface area (Å²) in [7, 11) is 1.69. The average molecular weight is 384 g/mol. The molecule has 0 aliphatic carbocycles. The molecule has 0 atom stereocenters. The Bertz CT molecular complexity index is 1200. The van der Waals surface area contributed by atoms with Crippen LogP contribution in [0.1, 0.15) is 11.3 Å². The molecule has 2 aromatic carbocycles. The van der Waals surface area contributed by atoms with E-state index >= 15 is 0 Å². The van der Waals surface area contributed by atoms with E-state index in [4.69, 9.17) is 0 Å². The second kappa shape index (κ2) is 8.06. The third-order valence-corrected chi connectivity index (χ3v) is 4.84. The Balaban J connectivity index is 1.72. The van der Waals surface area contributed by atoms with E-state index in [9.17, 15) is 9.59 Å². The van der Waals surface area contributed by atoms with Crippen LogP contribution < -0.4 is 10.5 Å². The Kier molecular flexibility index (Phi) is 5.16. The summed E-state index contributed by atoms with van der Waals surface area (Å²) in [4.78, 5) is 31.4. The number of carbonyl (C=O) groups is 1. The van der Waals surface area contributed by atoms with Gasteiger partial charge in [0.1, 0.15) is 6.54 Å². The van der Waals surface area contributed by atoms with Gasteiger partial charge in [0, 0.05) is 36.9 Å². The molecule has 0 aliphatic rings. The SMILES string of the molecule is CN(C(=O)Cn1nc(Cc2cccnc2)c2ccccc2c1=O)c1ccccc1. The van der Waals surface area contributed by atoms with E-state index in [1.54, 1.807) is 25.5 Å². The molecule has 2 heterocycles. The summed E-state index contributed by atoms with van der Waals surface area (Å²) >= 11 is 0. The molecule has 0 spiro atoms. The van der Waals surface area contributed by atoms with Crippen LogP contribution in [0.5, 0.6) is 0 Å². The second-order valence-corrected chi connectivity index (χ2v) is 6.78. The van der Waals surface area contributed by atoms with Gasteiger partial charge in [-0.2, -0.15) is 5.10 Å². The minimum Gasteiger partial charge on any atom is -0.314 e. The number of pyridine rings is 1. The molecule has 0 N–H and O–H groups in total. The zero-order valence-corrected chi connectivity index (χ0v) is 16.0. The Morgan fingerprint density at radius 2 is 1.69 bits per heavy atom. The number of para-hydroxylation sites is 1. The molecular formula is C23H20N4O2. The number of likely N-dealkylation sites (N-methyl/N-ethyl adjacent to an activating group) is 1. The van der Waals surface area contributed by atoms with Gasteiger partial charge in [-0.15, -0.1) is 0 Å². The van der Waals surface area contributed by atoms with Crippen molar-refractivity contribution in [2.45, 2.75) is 13.0 Å². The molecule has 4 aromatic rings. The van der Waals surface area contributed by atoms with Gasteiger partial charge in [0.15, 0.2) is 0 Å². The maximum atomic E-state index is 12.9. The molecule has 0 bridgehead atoms. The number of hydrogen-bond donors (Lipinski definition) is 0.